The van der Waals surface area contributed by atoms with Crippen LogP contribution in [0.15, 0.2) is 48.7 Å². The number of hydrogen-bond acceptors (Lipinski definition) is 2. The van der Waals surface area contributed by atoms with E-state index in [2.05, 4.69) is 9.97 Å². The standard InChI is InChI=1S/C14H10N2O2/c17-14(18)9-4-5-11-10(7-9)8-13(16-11)12-3-1-2-6-15-12/h1-8,16H,(H,17,18). The number of aromatic carboxylic acids is 1. The number of pyridine rings is 1. The van der Waals surface area contributed by atoms with Crippen LogP contribution in [0.2, 0.25) is 0 Å². The van der Waals surface area contributed by atoms with Gasteiger partial charge in [0, 0.05) is 17.1 Å². The predicted molar refractivity (Wildman–Crippen MR) is 68.5 cm³/mol. The molecule has 88 valence electrons. The molecular weight excluding hydrogens is 228 g/mol. The Balaban J connectivity index is 2.14. The van der Waals surface area contributed by atoms with Gasteiger partial charge in [-0.3, -0.25) is 4.98 Å². The normalized spacial score (nSPS) is 10.7. The van der Waals surface area contributed by atoms with E-state index in [4.69, 9.17) is 5.11 Å². The first-order chi connectivity index (χ1) is 8.74. The Hall–Kier alpha value is -2.62. The number of carbonyl (C=O) groups is 1. The lowest BCUT2D eigenvalue weighted by Crippen LogP contribution is -1.94. The summed E-state index contributed by atoms with van der Waals surface area (Å²) in [7, 11) is 0. The van der Waals surface area contributed by atoms with Crippen molar-refractivity contribution >= 4 is 16.9 Å². The smallest absolute Gasteiger partial charge is 0.335 e. The maximum atomic E-state index is 10.9. The minimum Gasteiger partial charge on any atom is -0.478 e. The molecule has 0 spiro atoms. The lowest BCUT2D eigenvalue weighted by atomic mass is 10.1. The van der Waals surface area contributed by atoms with Crippen molar-refractivity contribution in [3.8, 4) is 11.4 Å². The summed E-state index contributed by atoms with van der Waals surface area (Å²) in [5, 5.41) is 9.82. The van der Waals surface area contributed by atoms with Crippen molar-refractivity contribution in [3.63, 3.8) is 0 Å². The van der Waals surface area contributed by atoms with Gasteiger partial charge >= 0.3 is 5.97 Å². The Morgan fingerprint density at radius 3 is 2.78 bits per heavy atom. The van der Waals surface area contributed by atoms with Crippen LogP contribution in [0.25, 0.3) is 22.3 Å². The molecule has 1 aromatic carbocycles. The maximum absolute atomic E-state index is 10.9. The van der Waals surface area contributed by atoms with Crippen LogP contribution < -0.4 is 0 Å². The quantitative estimate of drug-likeness (QED) is 0.721. The Morgan fingerprint density at radius 1 is 1.17 bits per heavy atom. The molecule has 4 nitrogen and oxygen atoms in total. The van der Waals surface area contributed by atoms with Crippen molar-refractivity contribution in [2.45, 2.75) is 0 Å². The number of carboxylic acids is 1. The molecule has 0 unspecified atom stereocenters. The second-order valence-corrected chi connectivity index (χ2v) is 4.01. The van der Waals surface area contributed by atoms with Crippen molar-refractivity contribution in [1.29, 1.82) is 0 Å². The fourth-order valence-electron chi connectivity index (χ4n) is 1.93. The molecule has 0 bridgehead atoms. The number of carboxylic acid groups (broad SMARTS) is 1. The molecule has 2 N–H and O–H groups in total. The molecule has 3 rings (SSSR count). The number of aromatic amines is 1. The predicted octanol–water partition coefficient (Wildman–Crippen LogP) is 2.93. The molecule has 2 aromatic heterocycles. The van der Waals surface area contributed by atoms with Gasteiger partial charge in [0.25, 0.3) is 0 Å². The van der Waals surface area contributed by atoms with Crippen molar-refractivity contribution < 1.29 is 9.90 Å². The van der Waals surface area contributed by atoms with E-state index in [1.54, 1.807) is 24.4 Å². The van der Waals surface area contributed by atoms with E-state index in [0.29, 0.717) is 0 Å². The van der Waals surface area contributed by atoms with Gasteiger partial charge in [-0.1, -0.05) is 6.07 Å². The van der Waals surface area contributed by atoms with E-state index in [0.717, 1.165) is 22.3 Å². The highest BCUT2D eigenvalue weighted by atomic mass is 16.4. The summed E-state index contributed by atoms with van der Waals surface area (Å²) in [5.74, 6) is -0.919. The lowest BCUT2D eigenvalue weighted by molar-refractivity contribution is 0.0697. The SMILES string of the molecule is O=C(O)c1ccc2[nH]c(-c3ccccn3)cc2c1. The Labute approximate surface area is 103 Å². The molecule has 0 atom stereocenters. The molecule has 0 saturated carbocycles. The van der Waals surface area contributed by atoms with Crippen LogP contribution in [-0.2, 0) is 0 Å². The minimum absolute atomic E-state index is 0.286. The molecule has 0 aliphatic heterocycles. The first kappa shape index (κ1) is 10.5. The Morgan fingerprint density at radius 2 is 2.06 bits per heavy atom. The van der Waals surface area contributed by atoms with Gasteiger partial charge in [-0.15, -0.1) is 0 Å². The summed E-state index contributed by atoms with van der Waals surface area (Å²) < 4.78 is 0. The largest absolute Gasteiger partial charge is 0.478 e. The first-order valence-electron chi connectivity index (χ1n) is 5.51. The summed E-state index contributed by atoms with van der Waals surface area (Å²) in [6.07, 6.45) is 1.73. The number of benzene rings is 1. The molecule has 0 aliphatic carbocycles. The average molecular weight is 238 g/mol. The summed E-state index contributed by atoms with van der Waals surface area (Å²) >= 11 is 0. The summed E-state index contributed by atoms with van der Waals surface area (Å²) in [6, 6.07) is 12.6. The van der Waals surface area contributed by atoms with Crippen LogP contribution in [0, 0.1) is 0 Å². The first-order valence-corrected chi connectivity index (χ1v) is 5.51. The van der Waals surface area contributed by atoms with Crippen LogP contribution in [0.4, 0.5) is 0 Å². The lowest BCUT2D eigenvalue weighted by Gasteiger charge is -1.94. The van der Waals surface area contributed by atoms with Crippen LogP contribution >= 0.6 is 0 Å². The van der Waals surface area contributed by atoms with Crippen molar-refractivity contribution in [1.82, 2.24) is 9.97 Å². The number of H-pyrrole nitrogens is 1. The zero-order chi connectivity index (χ0) is 12.5. The topological polar surface area (TPSA) is 66.0 Å². The highest BCUT2D eigenvalue weighted by molar-refractivity contribution is 5.95. The van der Waals surface area contributed by atoms with E-state index in [1.807, 2.05) is 24.3 Å². The monoisotopic (exact) mass is 238 g/mol. The summed E-state index contributed by atoms with van der Waals surface area (Å²) in [5.41, 5.74) is 2.91. The van der Waals surface area contributed by atoms with Crippen LogP contribution in [-0.4, -0.2) is 21.0 Å². The van der Waals surface area contributed by atoms with E-state index < -0.39 is 5.97 Å². The Kier molecular flexibility index (Phi) is 2.34. The molecule has 0 amide bonds. The number of rotatable bonds is 2. The van der Waals surface area contributed by atoms with Gasteiger partial charge in [0.1, 0.15) is 0 Å². The molecule has 0 radical (unpaired) electrons. The summed E-state index contributed by atoms with van der Waals surface area (Å²) in [4.78, 5) is 18.4. The third-order valence-corrected chi connectivity index (χ3v) is 2.81. The zero-order valence-electron chi connectivity index (χ0n) is 9.42. The van der Waals surface area contributed by atoms with Gasteiger partial charge in [-0.05, 0) is 36.4 Å². The van der Waals surface area contributed by atoms with E-state index in [1.165, 1.54) is 0 Å². The second kappa shape index (κ2) is 4.00. The third-order valence-electron chi connectivity index (χ3n) is 2.81. The van der Waals surface area contributed by atoms with Gasteiger partial charge in [0.05, 0.1) is 17.0 Å². The molecule has 0 aliphatic rings. The van der Waals surface area contributed by atoms with E-state index in [9.17, 15) is 4.79 Å². The molecule has 0 saturated heterocycles. The van der Waals surface area contributed by atoms with Gasteiger partial charge in [-0.2, -0.15) is 0 Å². The number of nitrogens with one attached hydrogen (secondary N) is 1. The van der Waals surface area contributed by atoms with Gasteiger partial charge < -0.3 is 10.1 Å². The van der Waals surface area contributed by atoms with Gasteiger partial charge in [-0.25, -0.2) is 4.79 Å². The fourth-order valence-corrected chi connectivity index (χ4v) is 1.93. The maximum Gasteiger partial charge on any atom is 0.335 e. The second-order valence-electron chi connectivity index (χ2n) is 4.01. The zero-order valence-corrected chi connectivity index (χ0v) is 9.42. The molecule has 2 heterocycles. The van der Waals surface area contributed by atoms with Crippen LogP contribution in [0.5, 0.6) is 0 Å². The average Bonchev–Trinajstić information content (AvgIpc) is 2.82. The molecule has 0 fully saturated rings. The highest BCUT2D eigenvalue weighted by Crippen LogP contribution is 2.23. The summed E-state index contributed by atoms with van der Waals surface area (Å²) in [6.45, 7) is 0. The highest BCUT2D eigenvalue weighted by Gasteiger charge is 2.07. The van der Waals surface area contributed by atoms with E-state index in [-0.39, 0.29) is 5.56 Å². The molecule has 4 heteroatoms. The van der Waals surface area contributed by atoms with Crippen LogP contribution in [0.1, 0.15) is 10.4 Å². The van der Waals surface area contributed by atoms with Gasteiger partial charge in [0.15, 0.2) is 0 Å². The number of aromatic nitrogens is 2. The number of hydrogen-bond donors (Lipinski definition) is 2. The van der Waals surface area contributed by atoms with Crippen molar-refractivity contribution in [3.05, 3.63) is 54.2 Å². The minimum atomic E-state index is -0.919. The Bertz CT molecular complexity index is 717. The van der Waals surface area contributed by atoms with Gasteiger partial charge in [0.2, 0.25) is 0 Å². The van der Waals surface area contributed by atoms with Crippen molar-refractivity contribution in [2.75, 3.05) is 0 Å². The fraction of sp³-hybridized carbons (Fsp3) is 0. The number of fused-ring (bicyclic) bond motifs is 1. The molecular formula is C14H10N2O2. The van der Waals surface area contributed by atoms with E-state index >= 15 is 0 Å². The van der Waals surface area contributed by atoms with Crippen molar-refractivity contribution in [2.24, 2.45) is 0 Å². The molecule has 3 aromatic rings. The number of nitrogens with zero attached hydrogens (tertiary/aromatic N) is 1. The third kappa shape index (κ3) is 1.73. The van der Waals surface area contributed by atoms with Crippen LogP contribution in [0.3, 0.4) is 0 Å². The molecule has 18 heavy (non-hydrogen) atoms.